The monoisotopic (exact) mass is 519 g/mol. The van der Waals surface area contributed by atoms with Gasteiger partial charge in [-0.2, -0.15) is 31.6 Å². The standard InChI is InChI=1S/C14H18N2O.C11H10F7N/c1-5-11-8-6-7-10(2)12(11)13(17)16-14(3,4)9-15;1-2-19-8-5-3-7(4-6-8)9(12,10(13,14)15)11(16,17)18/h6-8H,5H2,1-4H3,(H,16,17);3-6,19H,2H2,1H3. The van der Waals surface area contributed by atoms with Gasteiger partial charge in [-0.3, -0.25) is 4.79 Å². The van der Waals surface area contributed by atoms with Crippen LogP contribution >= 0.6 is 0 Å². The number of aryl methyl sites for hydroxylation is 2. The molecule has 0 saturated carbocycles. The highest BCUT2D eigenvalue weighted by molar-refractivity contribution is 5.97. The summed E-state index contributed by atoms with van der Waals surface area (Å²) in [5.41, 5.74) is -4.76. The third-order valence-electron chi connectivity index (χ3n) is 5.12. The predicted molar refractivity (Wildman–Crippen MR) is 123 cm³/mol. The van der Waals surface area contributed by atoms with Crippen LogP contribution in [0.1, 0.15) is 54.7 Å². The number of halogens is 7. The first-order valence-electron chi connectivity index (χ1n) is 10.9. The molecule has 0 bridgehead atoms. The van der Waals surface area contributed by atoms with Crippen LogP contribution in [0.25, 0.3) is 0 Å². The zero-order chi connectivity index (χ0) is 27.9. The summed E-state index contributed by atoms with van der Waals surface area (Å²) in [4.78, 5) is 12.2. The number of nitrogens with one attached hydrogen (secondary N) is 2. The van der Waals surface area contributed by atoms with E-state index in [2.05, 4.69) is 16.7 Å². The summed E-state index contributed by atoms with van der Waals surface area (Å²) in [6.07, 6.45) is -11.4. The molecule has 0 aliphatic carbocycles. The summed E-state index contributed by atoms with van der Waals surface area (Å²) in [6.45, 7) is 9.43. The molecule has 0 spiro atoms. The number of benzene rings is 2. The van der Waals surface area contributed by atoms with Gasteiger partial charge < -0.3 is 10.6 Å². The van der Waals surface area contributed by atoms with Crippen molar-refractivity contribution in [2.45, 2.75) is 64.6 Å². The fourth-order valence-corrected chi connectivity index (χ4v) is 3.23. The second-order valence-electron chi connectivity index (χ2n) is 8.42. The smallest absolute Gasteiger partial charge is 0.385 e. The molecule has 0 aliphatic heterocycles. The quantitative estimate of drug-likeness (QED) is 0.404. The van der Waals surface area contributed by atoms with Crippen LogP contribution in [-0.4, -0.2) is 30.3 Å². The fraction of sp³-hybridized carbons (Fsp3) is 0.440. The van der Waals surface area contributed by atoms with Crippen LogP contribution in [0.3, 0.4) is 0 Å². The molecule has 0 radical (unpaired) electrons. The number of carbonyl (C=O) groups excluding carboxylic acids is 1. The molecule has 36 heavy (non-hydrogen) atoms. The number of alkyl halides is 7. The Balaban J connectivity index is 0.000000362. The molecule has 11 heteroatoms. The predicted octanol–water partition coefficient (Wildman–Crippen LogP) is 7.00. The number of carbonyl (C=O) groups is 1. The van der Waals surface area contributed by atoms with Crippen molar-refractivity contribution in [2.75, 3.05) is 11.9 Å². The Labute approximate surface area is 205 Å². The van der Waals surface area contributed by atoms with Crippen molar-refractivity contribution < 1.29 is 35.5 Å². The number of nitriles is 1. The molecular formula is C25H28F7N3O. The molecule has 0 aliphatic rings. The van der Waals surface area contributed by atoms with Gasteiger partial charge in [-0.1, -0.05) is 37.3 Å². The average molecular weight is 520 g/mol. The molecule has 0 fully saturated rings. The lowest BCUT2D eigenvalue weighted by Crippen LogP contribution is -2.50. The Kier molecular flexibility index (Phi) is 9.93. The minimum absolute atomic E-state index is 0.175. The molecule has 0 atom stereocenters. The van der Waals surface area contributed by atoms with E-state index >= 15 is 0 Å². The third-order valence-corrected chi connectivity index (χ3v) is 5.12. The van der Waals surface area contributed by atoms with Gasteiger partial charge in [0.05, 0.1) is 6.07 Å². The van der Waals surface area contributed by atoms with Gasteiger partial charge in [0.25, 0.3) is 5.91 Å². The van der Waals surface area contributed by atoms with Crippen molar-refractivity contribution in [3.63, 3.8) is 0 Å². The van der Waals surface area contributed by atoms with Crippen molar-refractivity contribution in [3.05, 3.63) is 64.7 Å². The highest BCUT2D eigenvalue weighted by Gasteiger charge is 2.73. The molecule has 1 amide bonds. The van der Waals surface area contributed by atoms with Gasteiger partial charge in [0, 0.05) is 23.4 Å². The zero-order valence-corrected chi connectivity index (χ0v) is 20.5. The van der Waals surface area contributed by atoms with Gasteiger partial charge in [0.1, 0.15) is 5.54 Å². The lowest BCUT2D eigenvalue weighted by molar-refractivity contribution is -0.348. The molecule has 0 aromatic heterocycles. The molecule has 198 valence electrons. The number of hydrogen-bond donors (Lipinski definition) is 2. The van der Waals surface area contributed by atoms with Gasteiger partial charge in [0.2, 0.25) is 0 Å². The number of nitrogens with zero attached hydrogens (tertiary/aromatic N) is 1. The summed E-state index contributed by atoms with van der Waals surface area (Å²) < 4.78 is 88.1. The van der Waals surface area contributed by atoms with E-state index in [9.17, 15) is 35.5 Å². The van der Waals surface area contributed by atoms with Crippen LogP contribution in [0.5, 0.6) is 0 Å². The van der Waals surface area contributed by atoms with Crippen molar-refractivity contribution in [3.8, 4) is 6.07 Å². The molecule has 0 unspecified atom stereocenters. The first-order valence-corrected chi connectivity index (χ1v) is 10.9. The van der Waals surface area contributed by atoms with Gasteiger partial charge in [-0.05, 0) is 57.4 Å². The summed E-state index contributed by atoms with van der Waals surface area (Å²) >= 11 is 0. The number of amides is 1. The van der Waals surface area contributed by atoms with Crippen LogP contribution in [-0.2, 0) is 12.1 Å². The Bertz CT molecular complexity index is 1060. The summed E-state index contributed by atoms with van der Waals surface area (Å²) in [5.74, 6) is -0.175. The highest BCUT2D eigenvalue weighted by atomic mass is 19.4. The van der Waals surface area contributed by atoms with E-state index < -0.39 is 29.1 Å². The topological polar surface area (TPSA) is 64.9 Å². The molecule has 2 aromatic carbocycles. The number of anilines is 1. The molecule has 0 heterocycles. The van der Waals surface area contributed by atoms with E-state index in [1.807, 2.05) is 32.0 Å². The maximum atomic E-state index is 13.6. The van der Waals surface area contributed by atoms with Crippen molar-refractivity contribution in [2.24, 2.45) is 0 Å². The van der Waals surface area contributed by atoms with E-state index in [0.29, 0.717) is 29.9 Å². The Morgan fingerprint density at radius 3 is 1.86 bits per heavy atom. The first-order chi connectivity index (χ1) is 16.4. The van der Waals surface area contributed by atoms with Crippen LogP contribution in [0.4, 0.5) is 36.4 Å². The number of rotatable bonds is 6. The molecule has 2 N–H and O–H groups in total. The van der Waals surface area contributed by atoms with E-state index in [1.165, 1.54) is 0 Å². The second-order valence-corrected chi connectivity index (χ2v) is 8.42. The van der Waals surface area contributed by atoms with Crippen molar-refractivity contribution >= 4 is 11.6 Å². The Morgan fingerprint density at radius 2 is 1.44 bits per heavy atom. The van der Waals surface area contributed by atoms with Crippen LogP contribution in [0.2, 0.25) is 0 Å². The first kappa shape index (κ1) is 30.7. The SMILES string of the molecule is CCNc1ccc(C(F)(C(F)(F)F)C(F)(F)F)cc1.CCc1cccc(C)c1C(=O)NC(C)(C)C#N. The van der Waals surface area contributed by atoms with Gasteiger partial charge in [-0.15, -0.1) is 0 Å². The molecule has 0 saturated heterocycles. The highest BCUT2D eigenvalue weighted by Crippen LogP contribution is 2.53. The Morgan fingerprint density at radius 1 is 0.917 bits per heavy atom. The van der Waals surface area contributed by atoms with Gasteiger partial charge in [-0.25, -0.2) is 4.39 Å². The molecule has 4 nitrogen and oxygen atoms in total. The van der Waals surface area contributed by atoms with Crippen LogP contribution in [0, 0.1) is 18.3 Å². The van der Waals surface area contributed by atoms with E-state index in [-0.39, 0.29) is 5.91 Å². The zero-order valence-electron chi connectivity index (χ0n) is 20.5. The second kappa shape index (κ2) is 11.6. The molecule has 2 rings (SSSR count). The maximum absolute atomic E-state index is 13.6. The lowest BCUT2D eigenvalue weighted by atomic mass is 9.94. The minimum Gasteiger partial charge on any atom is -0.385 e. The molecular weight excluding hydrogens is 491 g/mol. The third kappa shape index (κ3) is 7.12. The summed E-state index contributed by atoms with van der Waals surface area (Å²) in [7, 11) is 0. The normalized spacial score (nSPS) is 12.2. The lowest BCUT2D eigenvalue weighted by Gasteiger charge is -2.30. The van der Waals surface area contributed by atoms with E-state index in [1.54, 1.807) is 20.8 Å². The Hall–Kier alpha value is -3.29. The summed E-state index contributed by atoms with van der Waals surface area (Å²) in [6, 6.07) is 10.7. The van der Waals surface area contributed by atoms with Crippen LogP contribution in [0.15, 0.2) is 42.5 Å². The van der Waals surface area contributed by atoms with Crippen LogP contribution < -0.4 is 10.6 Å². The largest absolute Gasteiger partial charge is 0.435 e. The summed E-state index contributed by atoms with van der Waals surface area (Å²) in [5, 5.41) is 14.3. The van der Waals surface area contributed by atoms with Gasteiger partial charge in [0.15, 0.2) is 0 Å². The maximum Gasteiger partial charge on any atom is 0.435 e. The minimum atomic E-state index is -6.08. The van der Waals surface area contributed by atoms with E-state index in [4.69, 9.17) is 5.26 Å². The number of hydrogen-bond acceptors (Lipinski definition) is 3. The van der Waals surface area contributed by atoms with E-state index in [0.717, 1.165) is 29.7 Å². The average Bonchev–Trinajstić information content (AvgIpc) is 2.77. The van der Waals surface area contributed by atoms with Crippen molar-refractivity contribution in [1.82, 2.24) is 5.32 Å². The van der Waals surface area contributed by atoms with Gasteiger partial charge >= 0.3 is 18.0 Å². The van der Waals surface area contributed by atoms with Crippen molar-refractivity contribution in [1.29, 1.82) is 5.26 Å². The molecule has 2 aromatic rings. The fourth-order valence-electron chi connectivity index (χ4n) is 3.23.